The molecule has 1 aromatic heterocycles. The molecule has 104 valence electrons. The number of rotatable bonds is 5. The number of esters is 1. The van der Waals surface area contributed by atoms with Gasteiger partial charge in [-0.25, -0.2) is 4.79 Å². The third kappa shape index (κ3) is 3.09. The van der Waals surface area contributed by atoms with Crippen molar-refractivity contribution in [2.75, 3.05) is 6.61 Å². The fraction of sp³-hybridized carbons (Fsp3) is 0.455. The van der Waals surface area contributed by atoms with Gasteiger partial charge in [0.2, 0.25) is 5.75 Å². The normalized spacial score (nSPS) is 10.2. The minimum atomic E-state index is -1.07. The Kier molecular flexibility index (Phi) is 4.62. The predicted molar refractivity (Wildman–Crippen MR) is 65.3 cm³/mol. The average molecular weight is 270 g/mol. The van der Waals surface area contributed by atoms with Crippen molar-refractivity contribution in [1.29, 1.82) is 0 Å². The lowest BCUT2D eigenvalue weighted by molar-refractivity contribution is -0.386. The van der Waals surface area contributed by atoms with Gasteiger partial charge in [-0.05, 0) is 13.3 Å². The molecule has 0 saturated carbocycles. The van der Waals surface area contributed by atoms with E-state index in [0.29, 0.717) is 6.42 Å². The zero-order valence-electron chi connectivity index (χ0n) is 10.6. The number of carbonyl (C=O) groups is 1. The Bertz CT molecular complexity index is 563. The minimum absolute atomic E-state index is 0.0793. The topological polar surface area (TPSA) is 123 Å². The van der Waals surface area contributed by atoms with Crippen LogP contribution < -0.4 is 5.56 Å². The minimum Gasteiger partial charge on any atom is -0.501 e. The van der Waals surface area contributed by atoms with Crippen LogP contribution in [-0.2, 0) is 4.74 Å². The maximum absolute atomic E-state index is 11.6. The number of pyridine rings is 1. The summed E-state index contributed by atoms with van der Waals surface area (Å²) >= 11 is 0. The first kappa shape index (κ1) is 14.7. The molecule has 0 unspecified atom stereocenters. The Morgan fingerprint density at radius 2 is 2.16 bits per heavy atom. The zero-order chi connectivity index (χ0) is 14.6. The molecule has 0 aromatic carbocycles. The highest BCUT2D eigenvalue weighted by Crippen LogP contribution is 2.29. The van der Waals surface area contributed by atoms with Gasteiger partial charge in [-0.15, -0.1) is 0 Å². The van der Waals surface area contributed by atoms with Gasteiger partial charge in [0, 0.05) is 0 Å². The average Bonchev–Trinajstić information content (AvgIpc) is 2.27. The van der Waals surface area contributed by atoms with Gasteiger partial charge in [0.1, 0.15) is 0 Å². The molecule has 2 N–H and O–H groups in total. The maximum atomic E-state index is 11.6. The van der Waals surface area contributed by atoms with E-state index in [-0.39, 0.29) is 12.3 Å². The number of aryl methyl sites for hydroxylation is 1. The fourth-order valence-electron chi connectivity index (χ4n) is 1.49. The van der Waals surface area contributed by atoms with Crippen molar-refractivity contribution in [3.05, 3.63) is 31.7 Å². The molecule has 0 bridgehead atoms. The van der Waals surface area contributed by atoms with Crippen molar-refractivity contribution in [2.45, 2.75) is 26.7 Å². The van der Waals surface area contributed by atoms with E-state index in [1.165, 1.54) is 6.92 Å². The standard InChI is InChI=1S/C11H14N2O6/c1-3-4-5-19-11(16)7-9(14)8(13(17)18)6(2)12-10(7)15/h3-5H2,1-2H3,(H2,12,14,15). The number of aromatic amines is 1. The van der Waals surface area contributed by atoms with Gasteiger partial charge < -0.3 is 14.8 Å². The van der Waals surface area contributed by atoms with Gasteiger partial charge in [-0.2, -0.15) is 0 Å². The second kappa shape index (κ2) is 5.98. The summed E-state index contributed by atoms with van der Waals surface area (Å²) in [6.07, 6.45) is 1.38. The predicted octanol–water partition coefficient (Wildman–Crippen LogP) is 1.25. The molecule has 0 saturated heterocycles. The lowest BCUT2D eigenvalue weighted by Gasteiger charge is -2.06. The van der Waals surface area contributed by atoms with Crippen LogP contribution >= 0.6 is 0 Å². The number of hydrogen-bond acceptors (Lipinski definition) is 6. The maximum Gasteiger partial charge on any atom is 0.347 e. The van der Waals surface area contributed by atoms with Crippen LogP contribution in [0.3, 0.4) is 0 Å². The Morgan fingerprint density at radius 1 is 1.53 bits per heavy atom. The summed E-state index contributed by atoms with van der Waals surface area (Å²) in [6.45, 7) is 3.22. The van der Waals surface area contributed by atoms with E-state index in [1.807, 2.05) is 6.92 Å². The monoisotopic (exact) mass is 270 g/mol. The van der Waals surface area contributed by atoms with Crippen LogP contribution in [0.1, 0.15) is 35.8 Å². The molecule has 8 nitrogen and oxygen atoms in total. The van der Waals surface area contributed by atoms with E-state index in [4.69, 9.17) is 4.74 Å². The SMILES string of the molecule is CCCCOC(=O)c1c(O)c([N+](=O)[O-])c(C)[nH]c1=O. The number of aromatic hydroxyl groups is 1. The zero-order valence-corrected chi connectivity index (χ0v) is 10.6. The number of aromatic nitrogens is 1. The van der Waals surface area contributed by atoms with Crippen molar-refractivity contribution >= 4 is 11.7 Å². The van der Waals surface area contributed by atoms with E-state index in [9.17, 15) is 24.8 Å². The Labute approximate surface area is 108 Å². The molecule has 0 radical (unpaired) electrons. The van der Waals surface area contributed by atoms with Crippen molar-refractivity contribution < 1.29 is 19.6 Å². The number of ether oxygens (including phenoxy) is 1. The number of nitrogens with one attached hydrogen (secondary N) is 1. The van der Waals surface area contributed by atoms with Crippen molar-refractivity contribution in [3.63, 3.8) is 0 Å². The quantitative estimate of drug-likeness (QED) is 0.359. The molecule has 19 heavy (non-hydrogen) atoms. The second-order valence-electron chi connectivity index (χ2n) is 3.90. The molecule has 1 aromatic rings. The first-order valence-electron chi connectivity index (χ1n) is 5.67. The number of nitro groups is 1. The molecule has 1 rings (SSSR count). The van der Waals surface area contributed by atoms with Crippen molar-refractivity contribution in [1.82, 2.24) is 4.98 Å². The number of nitrogens with zero attached hydrogens (tertiary/aromatic N) is 1. The van der Waals surface area contributed by atoms with Crippen LogP contribution in [-0.4, -0.2) is 27.6 Å². The van der Waals surface area contributed by atoms with E-state index < -0.39 is 33.5 Å². The molecule has 0 atom stereocenters. The lowest BCUT2D eigenvalue weighted by atomic mass is 10.2. The molecular formula is C11H14N2O6. The number of H-pyrrole nitrogens is 1. The molecule has 0 aliphatic heterocycles. The summed E-state index contributed by atoms with van der Waals surface area (Å²) in [6, 6.07) is 0. The van der Waals surface area contributed by atoms with Crippen molar-refractivity contribution in [3.8, 4) is 5.75 Å². The summed E-state index contributed by atoms with van der Waals surface area (Å²) in [5.74, 6) is -2.04. The van der Waals surface area contributed by atoms with Gasteiger partial charge >= 0.3 is 11.7 Å². The molecule has 0 aliphatic rings. The van der Waals surface area contributed by atoms with Crippen LogP contribution in [0, 0.1) is 17.0 Å². The second-order valence-corrected chi connectivity index (χ2v) is 3.90. The number of carbonyl (C=O) groups excluding carboxylic acids is 1. The van der Waals surface area contributed by atoms with Gasteiger partial charge in [0.25, 0.3) is 5.56 Å². The molecular weight excluding hydrogens is 256 g/mol. The highest BCUT2D eigenvalue weighted by molar-refractivity contribution is 5.93. The first-order valence-corrected chi connectivity index (χ1v) is 5.67. The van der Waals surface area contributed by atoms with Crippen molar-refractivity contribution in [2.24, 2.45) is 0 Å². The van der Waals surface area contributed by atoms with E-state index in [0.717, 1.165) is 6.42 Å². The largest absolute Gasteiger partial charge is 0.501 e. The van der Waals surface area contributed by atoms with Crippen LogP contribution in [0.2, 0.25) is 0 Å². The van der Waals surface area contributed by atoms with Crippen LogP contribution in [0.4, 0.5) is 5.69 Å². The van der Waals surface area contributed by atoms with Gasteiger partial charge in [0.05, 0.1) is 17.2 Å². The third-order valence-corrected chi connectivity index (χ3v) is 2.46. The Hall–Kier alpha value is -2.38. The van der Waals surface area contributed by atoms with Crippen LogP contribution in [0.5, 0.6) is 5.75 Å². The molecule has 0 fully saturated rings. The fourth-order valence-corrected chi connectivity index (χ4v) is 1.49. The molecule has 0 aliphatic carbocycles. The smallest absolute Gasteiger partial charge is 0.347 e. The van der Waals surface area contributed by atoms with E-state index in [1.54, 1.807) is 0 Å². The third-order valence-electron chi connectivity index (χ3n) is 2.46. The highest BCUT2D eigenvalue weighted by Gasteiger charge is 2.28. The molecule has 0 amide bonds. The highest BCUT2D eigenvalue weighted by atomic mass is 16.6. The van der Waals surface area contributed by atoms with Gasteiger partial charge in [0.15, 0.2) is 5.56 Å². The Balaban J connectivity index is 3.21. The lowest BCUT2D eigenvalue weighted by Crippen LogP contribution is -2.22. The molecule has 8 heteroatoms. The number of unbranched alkanes of at least 4 members (excludes halogenated alkanes) is 1. The van der Waals surface area contributed by atoms with E-state index in [2.05, 4.69) is 4.98 Å². The molecule has 0 spiro atoms. The van der Waals surface area contributed by atoms with E-state index >= 15 is 0 Å². The molecule has 1 heterocycles. The summed E-state index contributed by atoms with van der Waals surface area (Å²) in [5.41, 5.74) is -2.49. The Morgan fingerprint density at radius 3 is 2.68 bits per heavy atom. The van der Waals surface area contributed by atoms with Crippen LogP contribution in [0.25, 0.3) is 0 Å². The summed E-state index contributed by atoms with van der Waals surface area (Å²) < 4.78 is 4.76. The summed E-state index contributed by atoms with van der Waals surface area (Å²) in [5, 5.41) is 20.4. The summed E-state index contributed by atoms with van der Waals surface area (Å²) in [4.78, 5) is 35.2. The summed E-state index contributed by atoms with van der Waals surface area (Å²) in [7, 11) is 0. The number of hydrogen-bond donors (Lipinski definition) is 2. The van der Waals surface area contributed by atoms with Crippen LogP contribution in [0.15, 0.2) is 4.79 Å². The first-order chi connectivity index (χ1) is 8.90. The van der Waals surface area contributed by atoms with Gasteiger partial charge in [-0.3, -0.25) is 14.9 Å². The van der Waals surface area contributed by atoms with Gasteiger partial charge in [-0.1, -0.05) is 13.3 Å².